The van der Waals surface area contributed by atoms with Gasteiger partial charge in [-0.1, -0.05) is 129 Å². The molecule has 0 amide bonds. The van der Waals surface area contributed by atoms with Crippen molar-refractivity contribution in [3.05, 3.63) is 0 Å². The van der Waals surface area contributed by atoms with E-state index in [0.717, 1.165) is 19.5 Å². The average Bonchev–Trinajstić information content (AvgIpc) is 2.78. The van der Waals surface area contributed by atoms with Gasteiger partial charge in [-0.2, -0.15) is 0 Å². The van der Waals surface area contributed by atoms with Crippen molar-refractivity contribution in [1.82, 2.24) is 4.90 Å². The molecular formula is C29H58NNaO2. The zero-order valence-corrected chi connectivity index (χ0v) is 25.3. The molecule has 0 spiro atoms. The summed E-state index contributed by atoms with van der Waals surface area (Å²) in [4.78, 5) is 13.4. The summed E-state index contributed by atoms with van der Waals surface area (Å²) >= 11 is 0. The van der Waals surface area contributed by atoms with Gasteiger partial charge in [0.05, 0.1) is 0 Å². The molecule has 0 saturated carbocycles. The molecule has 0 rings (SSSR count). The molecule has 192 valence electrons. The Morgan fingerprint density at radius 3 is 1.21 bits per heavy atom. The van der Waals surface area contributed by atoms with Crippen LogP contribution in [-0.4, -0.2) is 30.0 Å². The maximum atomic E-state index is 10.9. The van der Waals surface area contributed by atoms with Gasteiger partial charge in [-0.25, -0.2) is 0 Å². The fourth-order valence-corrected chi connectivity index (χ4v) is 4.67. The fourth-order valence-electron chi connectivity index (χ4n) is 4.67. The molecule has 0 N–H and O–H groups in total. The van der Waals surface area contributed by atoms with E-state index in [1.165, 1.54) is 128 Å². The van der Waals surface area contributed by atoms with Gasteiger partial charge in [0.25, 0.3) is 0 Å². The van der Waals surface area contributed by atoms with Crippen LogP contribution >= 0.6 is 0 Å². The van der Waals surface area contributed by atoms with Crippen LogP contribution in [0.4, 0.5) is 0 Å². The second kappa shape index (κ2) is 28.7. The number of nitrogens with zero attached hydrogens (tertiary/aromatic N) is 1. The summed E-state index contributed by atoms with van der Waals surface area (Å²) in [6, 6.07) is 0.352. The van der Waals surface area contributed by atoms with Gasteiger partial charge in [-0.15, -0.1) is 0 Å². The molecule has 1 unspecified atom stereocenters. The van der Waals surface area contributed by atoms with Crippen molar-refractivity contribution in [1.29, 1.82) is 0 Å². The quantitative estimate of drug-likeness (QED) is 0.130. The fraction of sp³-hybridized carbons (Fsp3) is 0.966. The van der Waals surface area contributed by atoms with Crippen LogP contribution in [0.2, 0.25) is 0 Å². The largest absolute Gasteiger partial charge is 1.00 e. The van der Waals surface area contributed by atoms with Crippen molar-refractivity contribution in [2.24, 2.45) is 0 Å². The van der Waals surface area contributed by atoms with Crippen LogP contribution in [0.1, 0.15) is 162 Å². The van der Waals surface area contributed by atoms with Crippen LogP contribution in [0.15, 0.2) is 0 Å². The predicted octanol–water partition coefficient (Wildman–Crippen LogP) is 5.05. The zero-order valence-electron chi connectivity index (χ0n) is 23.3. The van der Waals surface area contributed by atoms with Crippen LogP contribution in [0, 0.1) is 0 Å². The minimum atomic E-state index is -0.908. The maximum Gasteiger partial charge on any atom is 1.00 e. The van der Waals surface area contributed by atoms with Gasteiger partial charge in [-0.05, 0) is 45.7 Å². The molecule has 0 aromatic heterocycles. The molecule has 0 saturated heterocycles. The zero-order chi connectivity index (χ0) is 23.7. The van der Waals surface area contributed by atoms with Crippen molar-refractivity contribution < 1.29 is 39.5 Å². The number of hydrogen-bond donors (Lipinski definition) is 0. The van der Waals surface area contributed by atoms with E-state index in [2.05, 4.69) is 25.7 Å². The van der Waals surface area contributed by atoms with Crippen molar-refractivity contribution in [3.63, 3.8) is 0 Å². The minimum Gasteiger partial charge on any atom is -0.550 e. The van der Waals surface area contributed by atoms with E-state index in [9.17, 15) is 9.90 Å². The molecule has 0 radical (unpaired) electrons. The van der Waals surface area contributed by atoms with Gasteiger partial charge in [-0.3, -0.25) is 0 Å². The Kier molecular flexibility index (Phi) is 30.9. The SMILES string of the molecule is CCCCCCCCCCCCN(CCCCCCCCCCCC)C(C)CCC(=O)[O-].[Na+]. The summed E-state index contributed by atoms with van der Waals surface area (Å²) in [6.07, 6.45) is 28.2. The molecule has 0 fully saturated rings. The second-order valence-corrected chi connectivity index (χ2v) is 10.2. The second-order valence-electron chi connectivity index (χ2n) is 10.2. The van der Waals surface area contributed by atoms with Gasteiger partial charge < -0.3 is 14.8 Å². The number of aliphatic carboxylic acids is 1. The van der Waals surface area contributed by atoms with Crippen molar-refractivity contribution in [2.45, 2.75) is 168 Å². The molecule has 1 atom stereocenters. The molecule has 4 heteroatoms. The first-order chi connectivity index (χ1) is 15.6. The summed E-state index contributed by atoms with van der Waals surface area (Å²) in [5, 5.41) is 10.9. The van der Waals surface area contributed by atoms with Crippen LogP contribution < -0.4 is 34.7 Å². The number of carboxylic acids is 1. The maximum absolute atomic E-state index is 10.9. The molecule has 33 heavy (non-hydrogen) atoms. The Morgan fingerprint density at radius 1 is 0.606 bits per heavy atom. The van der Waals surface area contributed by atoms with Crippen LogP contribution in [-0.2, 0) is 4.79 Å². The average molecular weight is 476 g/mol. The van der Waals surface area contributed by atoms with Gasteiger partial charge >= 0.3 is 29.6 Å². The van der Waals surface area contributed by atoms with Crippen molar-refractivity contribution in [2.75, 3.05) is 13.1 Å². The minimum absolute atomic E-state index is 0. The number of rotatable bonds is 26. The van der Waals surface area contributed by atoms with E-state index in [4.69, 9.17) is 0 Å². The van der Waals surface area contributed by atoms with E-state index in [0.29, 0.717) is 6.04 Å². The Hall–Kier alpha value is 0.430. The topological polar surface area (TPSA) is 43.4 Å². The normalized spacial score (nSPS) is 12.1. The van der Waals surface area contributed by atoms with Crippen LogP contribution in [0.5, 0.6) is 0 Å². The molecule has 0 aromatic rings. The van der Waals surface area contributed by atoms with E-state index in [1.807, 2.05) is 0 Å². The van der Waals surface area contributed by atoms with E-state index >= 15 is 0 Å². The molecular weight excluding hydrogens is 417 g/mol. The van der Waals surface area contributed by atoms with Gasteiger partial charge in [0.15, 0.2) is 0 Å². The number of unbranched alkanes of at least 4 members (excludes halogenated alkanes) is 18. The van der Waals surface area contributed by atoms with E-state index in [-0.39, 0.29) is 36.0 Å². The van der Waals surface area contributed by atoms with Gasteiger partial charge in [0, 0.05) is 12.0 Å². The standard InChI is InChI=1S/C29H59NO2.Na/c1-4-6-8-10-12-14-16-18-20-22-26-30(28(3)24-25-29(31)32)27-23-21-19-17-15-13-11-9-7-5-2;/h28H,4-27H2,1-3H3,(H,31,32);/q;+1/p-1. The summed E-state index contributed by atoms with van der Waals surface area (Å²) < 4.78 is 0. The number of hydrogen-bond acceptors (Lipinski definition) is 3. The molecule has 3 nitrogen and oxygen atoms in total. The first-order valence-electron chi connectivity index (χ1n) is 14.6. The molecule has 0 heterocycles. The van der Waals surface area contributed by atoms with E-state index in [1.54, 1.807) is 0 Å². The Morgan fingerprint density at radius 2 is 0.909 bits per heavy atom. The summed E-state index contributed by atoms with van der Waals surface area (Å²) in [6.45, 7) is 9.01. The third-order valence-electron chi connectivity index (χ3n) is 6.99. The Bertz CT molecular complexity index is 368. The monoisotopic (exact) mass is 475 g/mol. The van der Waals surface area contributed by atoms with Gasteiger partial charge in [0.2, 0.25) is 0 Å². The third-order valence-corrected chi connectivity index (χ3v) is 6.99. The van der Waals surface area contributed by atoms with E-state index < -0.39 is 5.97 Å². The number of carboxylic acid groups (broad SMARTS) is 1. The molecule has 0 aliphatic heterocycles. The van der Waals surface area contributed by atoms with Gasteiger partial charge in [0.1, 0.15) is 0 Å². The van der Waals surface area contributed by atoms with Crippen molar-refractivity contribution >= 4 is 5.97 Å². The van der Waals surface area contributed by atoms with Crippen LogP contribution in [0.3, 0.4) is 0 Å². The number of carbonyl (C=O) groups is 1. The van der Waals surface area contributed by atoms with Crippen LogP contribution in [0.25, 0.3) is 0 Å². The Balaban J connectivity index is 0. The molecule has 0 aliphatic carbocycles. The predicted molar refractivity (Wildman–Crippen MR) is 139 cm³/mol. The molecule has 0 aliphatic rings. The summed E-state index contributed by atoms with van der Waals surface area (Å²) in [5.74, 6) is -0.908. The van der Waals surface area contributed by atoms with Crippen molar-refractivity contribution in [3.8, 4) is 0 Å². The first kappa shape index (κ1) is 35.6. The smallest absolute Gasteiger partial charge is 0.550 e. The third kappa shape index (κ3) is 26.9. The molecule has 0 aromatic carbocycles. The summed E-state index contributed by atoms with van der Waals surface area (Å²) in [5.41, 5.74) is 0. The first-order valence-corrected chi connectivity index (χ1v) is 14.6. The number of carbonyl (C=O) groups excluding carboxylic acids is 1. The summed E-state index contributed by atoms with van der Waals surface area (Å²) in [7, 11) is 0. The molecule has 0 bridgehead atoms. The Labute approximate surface area is 230 Å².